The van der Waals surface area contributed by atoms with E-state index in [1.807, 2.05) is 11.3 Å². The van der Waals surface area contributed by atoms with Gasteiger partial charge >= 0.3 is 0 Å². The molecule has 6 aromatic carbocycles. The molecule has 0 saturated carbocycles. The number of fused-ring (bicyclic) bond motifs is 7. The van der Waals surface area contributed by atoms with Gasteiger partial charge in [-0.15, -0.1) is 22.7 Å². The van der Waals surface area contributed by atoms with Gasteiger partial charge in [0.05, 0.1) is 5.52 Å². The molecule has 9 aromatic rings. The highest BCUT2D eigenvalue weighted by atomic mass is 32.1. The zero-order chi connectivity index (χ0) is 28.3. The predicted molar refractivity (Wildman–Crippen MR) is 188 cm³/mol. The van der Waals surface area contributed by atoms with Gasteiger partial charge in [-0.05, 0) is 77.9 Å². The first-order valence-electron chi connectivity index (χ1n) is 14.4. The van der Waals surface area contributed by atoms with Crippen molar-refractivity contribution in [3.63, 3.8) is 0 Å². The standard InChI is InChI=1S/C39H24N2S2/c1-2-8-25(9-3-1)26-14-16-28(17-15-26)41(29-18-20-37-32(23-29)31-11-5-7-13-36(31)42-37)30-19-21-38-33(24-30)34-22-27-10-4-6-12-35(27)40-39(34)43-38/h1-24H. The first-order chi connectivity index (χ1) is 21.3. The van der Waals surface area contributed by atoms with Gasteiger partial charge in [-0.25, -0.2) is 4.98 Å². The molecular formula is C39H24N2S2. The molecule has 0 aliphatic heterocycles. The molecule has 3 heterocycles. The third-order valence-electron chi connectivity index (χ3n) is 8.26. The fraction of sp³-hybridized carbons (Fsp3) is 0. The molecule has 0 aliphatic rings. The van der Waals surface area contributed by atoms with Crippen LogP contribution in [0.25, 0.3) is 62.5 Å². The predicted octanol–water partition coefficient (Wildman–Crippen LogP) is 12.1. The van der Waals surface area contributed by atoms with Gasteiger partial charge in [-0.3, -0.25) is 0 Å². The van der Waals surface area contributed by atoms with Crippen LogP contribution in [0.4, 0.5) is 17.1 Å². The van der Waals surface area contributed by atoms with E-state index in [0.717, 1.165) is 27.4 Å². The van der Waals surface area contributed by atoms with Crippen LogP contribution in [0, 0.1) is 0 Å². The highest BCUT2D eigenvalue weighted by molar-refractivity contribution is 7.26. The Bertz CT molecular complexity index is 2450. The Balaban J connectivity index is 1.25. The summed E-state index contributed by atoms with van der Waals surface area (Å²) in [5, 5.41) is 6.22. The molecule has 0 saturated heterocycles. The molecule has 0 amide bonds. The minimum atomic E-state index is 1.04. The van der Waals surface area contributed by atoms with Gasteiger partial charge in [0.1, 0.15) is 4.83 Å². The number of hydrogen-bond acceptors (Lipinski definition) is 4. The van der Waals surface area contributed by atoms with Crippen LogP contribution in [0.5, 0.6) is 0 Å². The van der Waals surface area contributed by atoms with Gasteiger partial charge in [-0.2, -0.15) is 0 Å². The van der Waals surface area contributed by atoms with Crippen molar-refractivity contribution in [1.82, 2.24) is 4.98 Å². The van der Waals surface area contributed by atoms with Crippen molar-refractivity contribution in [3.8, 4) is 11.1 Å². The van der Waals surface area contributed by atoms with Crippen LogP contribution in [-0.2, 0) is 0 Å². The summed E-state index contributed by atoms with van der Waals surface area (Å²) in [5.74, 6) is 0. The number of anilines is 3. The van der Waals surface area contributed by atoms with Gasteiger partial charge in [0.15, 0.2) is 0 Å². The van der Waals surface area contributed by atoms with Crippen LogP contribution in [0.3, 0.4) is 0 Å². The molecule has 4 heteroatoms. The van der Waals surface area contributed by atoms with Crippen molar-refractivity contribution in [2.24, 2.45) is 0 Å². The van der Waals surface area contributed by atoms with Crippen LogP contribution in [-0.4, -0.2) is 4.98 Å². The smallest absolute Gasteiger partial charge is 0.125 e. The summed E-state index contributed by atoms with van der Waals surface area (Å²) >= 11 is 3.62. The first-order valence-corrected chi connectivity index (χ1v) is 16.0. The van der Waals surface area contributed by atoms with E-state index in [-0.39, 0.29) is 0 Å². The number of aromatic nitrogens is 1. The number of rotatable bonds is 4. The molecule has 0 N–H and O–H groups in total. The molecule has 43 heavy (non-hydrogen) atoms. The van der Waals surface area contributed by atoms with Crippen LogP contribution in [0.1, 0.15) is 0 Å². The van der Waals surface area contributed by atoms with Crippen LogP contribution < -0.4 is 4.90 Å². The first kappa shape index (κ1) is 24.6. The average Bonchev–Trinajstić information content (AvgIpc) is 3.62. The largest absolute Gasteiger partial charge is 0.310 e. The van der Waals surface area contributed by atoms with Crippen molar-refractivity contribution >= 4 is 91.1 Å². The van der Waals surface area contributed by atoms with Gasteiger partial charge < -0.3 is 4.90 Å². The number of nitrogens with zero attached hydrogens (tertiary/aromatic N) is 2. The lowest BCUT2D eigenvalue weighted by Gasteiger charge is -2.26. The lowest BCUT2D eigenvalue weighted by Crippen LogP contribution is -2.09. The second-order valence-electron chi connectivity index (χ2n) is 10.8. The average molecular weight is 585 g/mol. The van der Waals surface area contributed by atoms with E-state index in [4.69, 9.17) is 4.98 Å². The molecule has 0 fully saturated rings. The number of para-hydroxylation sites is 1. The topological polar surface area (TPSA) is 16.1 Å². The van der Waals surface area contributed by atoms with Crippen molar-refractivity contribution in [2.45, 2.75) is 0 Å². The van der Waals surface area contributed by atoms with Crippen molar-refractivity contribution in [3.05, 3.63) is 146 Å². The van der Waals surface area contributed by atoms with Gasteiger partial charge in [0, 0.05) is 58.1 Å². The van der Waals surface area contributed by atoms with E-state index in [0.29, 0.717) is 0 Å². The van der Waals surface area contributed by atoms with Crippen molar-refractivity contribution in [2.75, 3.05) is 4.90 Å². The monoisotopic (exact) mass is 584 g/mol. The van der Waals surface area contributed by atoms with Crippen LogP contribution in [0.15, 0.2) is 146 Å². The highest BCUT2D eigenvalue weighted by Gasteiger charge is 2.17. The fourth-order valence-corrected chi connectivity index (χ4v) is 8.30. The highest BCUT2D eigenvalue weighted by Crippen LogP contribution is 2.43. The summed E-state index contributed by atoms with van der Waals surface area (Å²) in [6, 6.07) is 52.6. The molecule has 9 rings (SSSR count). The molecule has 0 aliphatic carbocycles. The molecule has 0 spiro atoms. The van der Waals surface area contributed by atoms with Crippen molar-refractivity contribution in [1.29, 1.82) is 0 Å². The Morgan fingerprint density at radius 3 is 1.84 bits per heavy atom. The van der Waals surface area contributed by atoms with Gasteiger partial charge in [-0.1, -0.05) is 78.9 Å². The number of thiophene rings is 2. The molecule has 2 nitrogen and oxygen atoms in total. The summed E-state index contributed by atoms with van der Waals surface area (Å²) in [6.07, 6.45) is 0. The van der Waals surface area contributed by atoms with E-state index in [1.165, 1.54) is 52.2 Å². The fourth-order valence-electron chi connectivity index (χ4n) is 6.16. The SMILES string of the molecule is c1ccc(-c2ccc(N(c3ccc4sc5ccccc5c4c3)c3ccc4sc5nc6ccccc6cc5c4c3)cc2)cc1. The third kappa shape index (κ3) is 4.10. The second-order valence-corrected chi connectivity index (χ2v) is 13.0. The van der Waals surface area contributed by atoms with E-state index < -0.39 is 0 Å². The summed E-state index contributed by atoms with van der Waals surface area (Å²) in [5.41, 5.74) is 6.87. The number of benzene rings is 6. The summed E-state index contributed by atoms with van der Waals surface area (Å²) < 4.78 is 3.88. The zero-order valence-corrected chi connectivity index (χ0v) is 24.7. The maximum atomic E-state index is 5.01. The number of hydrogen-bond donors (Lipinski definition) is 0. The molecular weight excluding hydrogens is 561 g/mol. The van der Waals surface area contributed by atoms with Crippen molar-refractivity contribution < 1.29 is 0 Å². The van der Waals surface area contributed by atoms with Gasteiger partial charge in [0.2, 0.25) is 0 Å². The summed E-state index contributed by atoms with van der Waals surface area (Å²) in [6.45, 7) is 0. The molecule has 0 unspecified atom stereocenters. The Labute approximate surface area is 256 Å². The minimum absolute atomic E-state index is 1.04. The molecule has 0 bridgehead atoms. The Morgan fingerprint density at radius 1 is 0.419 bits per heavy atom. The quantitative estimate of drug-likeness (QED) is 0.205. The summed E-state index contributed by atoms with van der Waals surface area (Å²) in [4.78, 5) is 8.47. The third-order valence-corrected chi connectivity index (χ3v) is 10.5. The normalized spacial score (nSPS) is 11.7. The zero-order valence-electron chi connectivity index (χ0n) is 23.1. The Kier molecular flexibility index (Phi) is 5.58. The molecule has 202 valence electrons. The number of pyridine rings is 1. The maximum Gasteiger partial charge on any atom is 0.125 e. The molecule has 3 aromatic heterocycles. The van der Waals surface area contributed by atoms with E-state index in [2.05, 4.69) is 150 Å². The lowest BCUT2D eigenvalue weighted by atomic mass is 10.0. The molecule has 0 atom stereocenters. The van der Waals surface area contributed by atoms with Gasteiger partial charge in [0.25, 0.3) is 0 Å². The van der Waals surface area contributed by atoms with E-state index in [9.17, 15) is 0 Å². The van der Waals surface area contributed by atoms with E-state index >= 15 is 0 Å². The Hall–Kier alpha value is -5.03. The maximum absolute atomic E-state index is 5.01. The minimum Gasteiger partial charge on any atom is -0.310 e. The van der Waals surface area contributed by atoms with Crippen LogP contribution in [0.2, 0.25) is 0 Å². The molecule has 0 radical (unpaired) electrons. The lowest BCUT2D eigenvalue weighted by molar-refractivity contribution is 1.30. The van der Waals surface area contributed by atoms with E-state index in [1.54, 1.807) is 11.3 Å². The summed E-state index contributed by atoms with van der Waals surface area (Å²) in [7, 11) is 0. The second kappa shape index (κ2) is 9.77. The Morgan fingerprint density at radius 2 is 1.02 bits per heavy atom. The van der Waals surface area contributed by atoms with Crippen LogP contribution >= 0.6 is 22.7 Å².